The molecule has 6 nitrogen and oxygen atoms in total. The lowest BCUT2D eigenvalue weighted by atomic mass is 10.1. The van der Waals surface area contributed by atoms with Gasteiger partial charge in [0.1, 0.15) is 17.1 Å². The van der Waals surface area contributed by atoms with Gasteiger partial charge in [-0.1, -0.05) is 5.16 Å². The van der Waals surface area contributed by atoms with Crippen LogP contribution in [0.4, 0.5) is 22.0 Å². The molecule has 0 atom stereocenters. The van der Waals surface area contributed by atoms with E-state index in [1.165, 1.54) is 18.3 Å². The molecule has 11 heteroatoms. The molecule has 0 unspecified atom stereocenters. The van der Waals surface area contributed by atoms with E-state index in [1.807, 2.05) is 0 Å². The predicted octanol–water partition coefficient (Wildman–Crippen LogP) is 4.15. The van der Waals surface area contributed by atoms with Gasteiger partial charge in [-0.2, -0.15) is 22.0 Å². The van der Waals surface area contributed by atoms with Crippen molar-refractivity contribution in [2.45, 2.75) is 12.8 Å². The first-order chi connectivity index (χ1) is 13.3. The van der Waals surface area contributed by atoms with E-state index in [0.717, 1.165) is 28.8 Å². The molecule has 0 radical (unpaired) electrons. The normalized spacial score (nSPS) is 12.2. The van der Waals surface area contributed by atoms with Crippen molar-refractivity contribution >= 4 is 22.0 Å². The van der Waals surface area contributed by atoms with Gasteiger partial charge < -0.3 is 9.26 Å². The first-order valence-corrected chi connectivity index (χ1v) is 7.68. The van der Waals surface area contributed by atoms with Gasteiger partial charge in [0.05, 0.1) is 17.3 Å². The zero-order chi connectivity index (χ0) is 20.1. The van der Waals surface area contributed by atoms with E-state index < -0.39 is 24.0 Å². The summed E-state index contributed by atoms with van der Waals surface area (Å²) in [7, 11) is 0. The molecule has 28 heavy (non-hydrogen) atoms. The summed E-state index contributed by atoms with van der Waals surface area (Å²) in [5.41, 5.74) is -2.36. The van der Waals surface area contributed by atoms with Crippen LogP contribution in [0.1, 0.15) is 5.69 Å². The molecular weight excluding hydrogens is 389 g/mol. The molecule has 3 aromatic heterocycles. The zero-order valence-electron chi connectivity index (χ0n) is 13.6. The number of aromatic nitrogens is 3. The van der Waals surface area contributed by atoms with Crippen LogP contribution in [0.5, 0.6) is 5.75 Å². The van der Waals surface area contributed by atoms with Gasteiger partial charge in [-0.15, -0.1) is 0 Å². The van der Waals surface area contributed by atoms with Crippen molar-refractivity contribution in [3.05, 3.63) is 58.6 Å². The lowest BCUT2D eigenvalue weighted by molar-refractivity contribution is -0.141. The number of ether oxygens (including phenoxy) is 1. The van der Waals surface area contributed by atoms with Gasteiger partial charge in [0.15, 0.2) is 0 Å². The van der Waals surface area contributed by atoms with Gasteiger partial charge in [-0.25, -0.2) is 4.98 Å². The van der Waals surface area contributed by atoms with Crippen molar-refractivity contribution in [2.24, 2.45) is 0 Å². The molecule has 0 saturated heterocycles. The first-order valence-electron chi connectivity index (χ1n) is 7.68. The fourth-order valence-electron chi connectivity index (χ4n) is 2.79. The van der Waals surface area contributed by atoms with Crippen LogP contribution in [0, 0.1) is 0 Å². The SMILES string of the molecule is O=c1c2oncc2c2ccc(C(F)(F)F)nc2n1-c1ccc(OC(F)F)cc1. The molecule has 1 aromatic carbocycles. The van der Waals surface area contributed by atoms with Gasteiger partial charge in [-0.05, 0) is 36.4 Å². The largest absolute Gasteiger partial charge is 0.435 e. The highest BCUT2D eigenvalue weighted by molar-refractivity contribution is 6.02. The van der Waals surface area contributed by atoms with E-state index in [9.17, 15) is 26.7 Å². The van der Waals surface area contributed by atoms with Crippen LogP contribution in [0.3, 0.4) is 0 Å². The number of nitrogens with zero attached hydrogens (tertiary/aromatic N) is 3. The monoisotopic (exact) mass is 397 g/mol. The number of rotatable bonds is 3. The van der Waals surface area contributed by atoms with Crippen LogP contribution in [0.25, 0.3) is 27.7 Å². The molecule has 4 rings (SSSR count). The third-order valence-electron chi connectivity index (χ3n) is 3.96. The molecule has 0 aliphatic rings. The summed E-state index contributed by atoms with van der Waals surface area (Å²) in [6, 6.07) is 6.72. The second kappa shape index (κ2) is 6.29. The average Bonchev–Trinajstić information content (AvgIpc) is 3.12. The molecule has 0 fully saturated rings. The summed E-state index contributed by atoms with van der Waals surface area (Å²) in [6.45, 7) is -3.05. The van der Waals surface area contributed by atoms with E-state index in [2.05, 4.69) is 14.9 Å². The van der Waals surface area contributed by atoms with E-state index in [4.69, 9.17) is 4.52 Å². The summed E-state index contributed by atoms with van der Waals surface area (Å²) in [6.07, 6.45) is -3.52. The summed E-state index contributed by atoms with van der Waals surface area (Å²) in [4.78, 5) is 16.4. The van der Waals surface area contributed by atoms with Crippen LogP contribution in [0.15, 0.2) is 51.9 Å². The van der Waals surface area contributed by atoms with Crippen LogP contribution in [-0.2, 0) is 6.18 Å². The Hall–Kier alpha value is -3.50. The van der Waals surface area contributed by atoms with Gasteiger partial charge in [-0.3, -0.25) is 9.36 Å². The first kappa shape index (κ1) is 17.9. The molecular formula is C17H8F5N3O3. The number of fused-ring (bicyclic) bond motifs is 3. The highest BCUT2D eigenvalue weighted by Gasteiger charge is 2.33. The minimum Gasteiger partial charge on any atom is -0.435 e. The van der Waals surface area contributed by atoms with Gasteiger partial charge in [0, 0.05) is 5.39 Å². The summed E-state index contributed by atoms with van der Waals surface area (Å²) >= 11 is 0. The lowest BCUT2D eigenvalue weighted by Gasteiger charge is -2.13. The Kier molecular flexibility index (Phi) is 4.02. The standard InChI is InChI=1S/C17H8F5N3O3/c18-16(19)27-9-3-1-8(2-4-9)25-14-10(5-6-12(24-14)17(20,21)22)11-7-23-28-13(11)15(25)26/h1-7,16H. The minimum absolute atomic E-state index is 0.0849. The minimum atomic E-state index is -4.73. The maximum Gasteiger partial charge on any atom is 0.433 e. The van der Waals surface area contributed by atoms with Crippen molar-refractivity contribution in [3.63, 3.8) is 0 Å². The molecule has 0 aliphatic carbocycles. The fraction of sp³-hybridized carbons (Fsp3) is 0.118. The third kappa shape index (κ3) is 2.94. The van der Waals surface area contributed by atoms with Crippen molar-refractivity contribution < 1.29 is 31.2 Å². The van der Waals surface area contributed by atoms with Crippen molar-refractivity contribution in [1.29, 1.82) is 0 Å². The van der Waals surface area contributed by atoms with E-state index in [0.29, 0.717) is 0 Å². The summed E-state index contributed by atoms with van der Waals surface area (Å²) < 4.78 is 74.0. The molecule has 0 N–H and O–H groups in total. The summed E-state index contributed by atoms with van der Waals surface area (Å²) in [5.74, 6) is -0.180. The van der Waals surface area contributed by atoms with E-state index in [-0.39, 0.29) is 33.4 Å². The van der Waals surface area contributed by atoms with E-state index >= 15 is 0 Å². The number of alkyl halides is 5. The van der Waals surface area contributed by atoms with Crippen molar-refractivity contribution in [3.8, 4) is 11.4 Å². The van der Waals surface area contributed by atoms with Gasteiger partial charge >= 0.3 is 18.3 Å². The van der Waals surface area contributed by atoms with Crippen LogP contribution < -0.4 is 10.3 Å². The molecule has 0 amide bonds. The Balaban J connectivity index is 2.02. The average molecular weight is 397 g/mol. The number of hydrogen-bond acceptors (Lipinski definition) is 5. The maximum absolute atomic E-state index is 13.1. The lowest BCUT2D eigenvalue weighted by Crippen LogP contribution is -2.20. The number of benzene rings is 1. The number of hydrogen-bond donors (Lipinski definition) is 0. The molecule has 144 valence electrons. The fourth-order valence-corrected chi connectivity index (χ4v) is 2.79. The second-order valence-corrected chi connectivity index (χ2v) is 5.65. The number of pyridine rings is 2. The van der Waals surface area contributed by atoms with Gasteiger partial charge in [0.2, 0.25) is 5.58 Å². The Morgan fingerprint density at radius 3 is 2.39 bits per heavy atom. The van der Waals surface area contributed by atoms with Crippen LogP contribution in [-0.4, -0.2) is 21.3 Å². The Morgan fingerprint density at radius 1 is 1.04 bits per heavy atom. The molecule has 0 spiro atoms. The Morgan fingerprint density at radius 2 is 1.75 bits per heavy atom. The molecule has 0 bridgehead atoms. The van der Waals surface area contributed by atoms with E-state index in [1.54, 1.807) is 0 Å². The summed E-state index contributed by atoms with van der Waals surface area (Å²) in [5, 5.41) is 3.93. The van der Waals surface area contributed by atoms with Crippen molar-refractivity contribution in [1.82, 2.24) is 14.7 Å². The maximum atomic E-state index is 13.1. The van der Waals surface area contributed by atoms with Crippen LogP contribution >= 0.6 is 0 Å². The third-order valence-corrected chi connectivity index (χ3v) is 3.96. The molecule has 3 heterocycles. The highest BCUT2D eigenvalue weighted by atomic mass is 19.4. The quantitative estimate of drug-likeness (QED) is 0.486. The smallest absolute Gasteiger partial charge is 0.433 e. The Labute approximate surface area is 151 Å². The molecule has 0 aliphatic heterocycles. The van der Waals surface area contributed by atoms with Crippen LogP contribution in [0.2, 0.25) is 0 Å². The zero-order valence-corrected chi connectivity index (χ0v) is 13.6. The second-order valence-electron chi connectivity index (χ2n) is 5.65. The molecule has 4 aromatic rings. The highest BCUT2D eigenvalue weighted by Crippen LogP contribution is 2.31. The predicted molar refractivity (Wildman–Crippen MR) is 86.5 cm³/mol. The Bertz CT molecular complexity index is 1230. The molecule has 0 saturated carbocycles. The van der Waals surface area contributed by atoms with Gasteiger partial charge in [0.25, 0.3) is 0 Å². The topological polar surface area (TPSA) is 70.2 Å². The van der Waals surface area contributed by atoms with Crippen molar-refractivity contribution in [2.75, 3.05) is 0 Å². The number of halogens is 5.